The van der Waals surface area contributed by atoms with Crippen molar-refractivity contribution in [3.05, 3.63) is 53.0 Å². The molecular formula is C22H20NOS+. The summed E-state index contributed by atoms with van der Waals surface area (Å²) in [7, 11) is 2.13. The first-order valence-electron chi connectivity index (χ1n) is 8.71. The fraction of sp³-hybridized carbons (Fsp3) is 0.227. The summed E-state index contributed by atoms with van der Waals surface area (Å²) in [6.07, 6.45) is 2.25. The smallest absolute Gasteiger partial charge is 0.257 e. The second kappa shape index (κ2) is 5.06. The van der Waals surface area contributed by atoms with E-state index in [1.807, 2.05) is 11.3 Å². The van der Waals surface area contributed by atoms with Crippen molar-refractivity contribution in [2.45, 2.75) is 26.7 Å². The molecule has 0 spiro atoms. The molecule has 0 saturated heterocycles. The Kier molecular flexibility index (Phi) is 3.02. The molecule has 4 aromatic rings. The predicted octanol–water partition coefficient (Wildman–Crippen LogP) is 6.08. The highest BCUT2D eigenvalue weighted by molar-refractivity contribution is 7.19. The van der Waals surface area contributed by atoms with Gasteiger partial charge in [0.2, 0.25) is 5.75 Å². The third kappa shape index (κ3) is 1.99. The Bertz CT molecular complexity index is 1170. The topological polar surface area (TPSA) is 13.1 Å². The first kappa shape index (κ1) is 14.9. The molecule has 0 aliphatic carbocycles. The zero-order valence-corrected chi connectivity index (χ0v) is 15.7. The largest absolute Gasteiger partial charge is 0.449 e. The molecule has 1 aliphatic rings. The van der Waals surface area contributed by atoms with Crippen LogP contribution in [-0.2, 0) is 7.05 Å². The second-order valence-electron chi connectivity index (χ2n) is 7.21. The summed E-state index contributed by atoms with van der Waals surface area (Å²) in [5.41, 5.74) is 3.78. The third-order valence-electron chi connectivity index (χ3n) is 5.14. The monoisotopic (exact) mass is 346 g/mol. The van der Waals surface area contributed by atoms with Gasteiger partial charge in [0.1, 0.15) is 17.5 Å². The molecule has 0 N–H and O–H groups in total. The van der Waals surface area contributed by atoms with Crippen LogP contribution in [0.15, 0.2) is 42.6 Å². The highest BCUT2D eigenvalue weighted by Crippen LogP contribution is 2.50. The van der Waals surface area contributed by atoms with E-state index in [2.05, 4.69) is 75.0 Å². The summed E-state index contributed by atoms with van der Waals surface area (Å²) in [6, 6.07) is 13.0. The molecule has 5 rings (SSSR count). The molecule has 0 amide bonds. The normalized spacial score (nSPS) is 12.7. The van der Waals surface area contributed by atoms with Gasteiger partial charge in [-0.25, -0.2) is 0 Å². The van der Waals surface area contributed by atoms with Crippen molar-refractivity contribution in [1.82, 2.24) is 0 Å². The van der Waals surface area contributed by atoms with Crippen molar-refractivity contribution in [1.29, 1.82) is 0 Å². The van der Waals surface area contributed by atoms with Crippen LogP contribution < -0.4 is 9.30 Å². The van der Waals surface area contributed by atoms with Crippen LogP contribution in [0.25, 0.3) is 32.1 Å². The number of rotatable bonds is 1. The Morgan fingerprint density at radius 2 is 1.96 bits per heavy atom. The molecule has 0 fully saturated rings. The van der Waals surface area contributed by atoms with E-state index in [4.69, 9.17) is 4.74 Å². The Morgan fingerprint density at radius 1 is 1.12 bits per heavy atom. The Labute approximate surface area is 151 Å². The molecule has 0 saturated carbocycles. The molecule has 1 aliphatic heterocycles. The van der Waals surface area contributed by atoms with Crippen molar-refractivity contribution in [2.75, 3.05) is 0 Å². The molecule has 0 bridgehead atoms. The summed E-state index contributed by atoms with van der Waals surface area (Å²) in [6.45, 7) is 6.69. The van der Waals surface area contributed by atoms with E-state index in [1.54, 1.807) is 0 Å². The van der Waals surface area contributed by atoms with Gasteiger partial charge in [-0.2, -0.15) is 4.57 Å². The van der Waals surface area contributed by atoms with Gasteiger partial charge in [-0.05, 0) is 35.9 Å². The molecular weight excluding hydrogens is 326 g/mol. The van der Waals surface area contributed by atoms with Crippen molar-refractivity contribution in [3.8, 4) is 22.8 Å². The second-order valence-corrected chi connectivity index (χ2v) is 8.33. The standard InChI is InChI=1S/C22H20NOS/c1-12(2)17-10-15-18(25-17)11-23(4)21-19-13(3)8-9-14-6-5-7-16(20(14)19)24-22(15)21/h5-12H,1-4H3/q+1. The molecule has 3 heteroatoms. The number of nitrogens with zero attached hydrogens (tertiary/aromatic N) is 1. The van der Waals surface area contributed by atoms with Gasteiger partial charge in [-0.3, -0.25) is 0 Å². The number of benzene rings is 2. The maximum atomic E-state index is 6.48. The van der Waals surface area contributed by atoms with E-state index in [1.165, 1.54) is 42.6 Å². The molecule has 124 valence electrons. The highest BCUT2D eigenvalue weighted by atomic mass is 32.1. The minimum atomic E-state index is 0.527. The van der Waals surface area contributed by atoms with Crippen LogP contribution in [0.3, 0.4) is 0 Å². The average Bonchev–Trinajstić information content (AvgIpc) is 3.02. The molecule has 0 radical (unpaired) electrons. The average molecular weight is 346 g/mol. The van der Waals surface area contributed by atoms with Crippen molar-refractivity contribution >= 4 is 32.2 Å². The van der Waals surface area contributed by atoms with E-state index in [-0.39, 0.29) is 0 Å². The van der Waals surface area contributed by atoms with E-state index in [9.17, 15) is 0 Å². The van der Waals surface area contributed by atoms with Crippen LogP contribution in [0.4, 0.5) is 0 Å². The Hall–Kier alpha value is -2.39. The van der Waals surface area contributed by atoms with Crippen molar-refractivity contribution in [3.63, 3.8) is 0 Å². The van der Waals surface area contributed by atoms with Gasteiger partial charge in [0.05, 0.1) is 5.56 Å². The molecule has 0 unspecified atom stereocenters. The fourth-order valence-corrected chi connectivity index (χ4v) is 4.99. The lowest BCUT2D eigenvalue weighted by molar-refractivity contribution is -0.659. The minimum Gasteiger partial charge on any atom is -0.449 e. The van der Waals surface area contributed by atoms with E-state index in [0.717, 1.165) is 11.5 Å². The molecule has 2 nitrogen and oxygen atoms in total. The number of thiophene rings is 1. The molecule has 2 aromatic heterocycles. The van der Waals surface area contributed by atoms with Crippen LogP contribution in [0.5, 0.6) is 11.5 Å². The molecule has 2 aromatic carbocycles. The lowest BCUT2D eigenvalue weighted by Crippen LogP contribution is -2.32. The Balaban J connectivity index is 1.95. The number of hydrogen-bond acceptors (Lipinski definition) is 2. The summed E-state index contributed by atoms with van der Waals surface area (Å²) < 4.78 is 10.00. The van der Waals surface area contributed by atoms with Gasteiger partial charge in [-0.15, -0.1) is 11.3 Å². The van der Waals surface area contributed by atoms with Crippen LogP contribution in [0, 0.1) is 6.92 Å². The molecule has 3 heterocycles. The summed E-state index contributed by atoms with van der Waals surface area (Å²) in [5, 5.41) is 3.69. The first-order valence-corrected chi connectivity index (χ1v) is 9.53. The van der Waals surface area contributed by atoms with Crippen LogP contribution in [0.2, 0.25) is 0 Å². The number of hydrogen-bond donors (Lipinski definition) is 0. The van der Waals surface area contributed by atoms with Crippen LogP contribution in [0.1, 0.15) is 30.2 Å². The molecule has 0 atom stereocenters. The zero-order chi connectivity index (χ0) is 17.3. The van der Waals surface area contributed by atoms with E-state index < -0.39 is 0 Å². The quantitative estimate of drug-likeness (QED) is 0.335. The maximum Gasteiger partial charge on any atom is 0.257 e. The maximum absolute atomic E-state index is 6.48. The van der Waals surface area contributed by atoms with Crippen molar-refractivity contribution < 1.29 is 9.30 Å². The van der Waals surface area contributed by atoms with Crippen LogP contribution >= 0.6 is 11.3 Å². The third-order valence-corrected chi connectivity index (χ3v) is 6.51. The lowest BCUT2D eigenvalue weighted by Gasteiger charge is -2.21. The van der Waals surface area contributed by atoms with Gasteiger partial charge in [-0.1, -0.05) is 38.1 Å². The van der Waals surface area contributed by atoms with Crippen molar-refractivity contribution in [2.24, 2.45) is 7.05 Å². The number of ether oxygens (including phenoxy) is 1. The van der Waals surface area contributed by atoms with Gasteiger partial charge < -0.3 is 4.74 Å². The van der Waals surface area contributed by atoms with Crippen LogP contribution in [-0.4, -0.2) is 0 Å². The SMILES string of the molecule is Cc1ccc2cccc3c2c1-c1c(c2cc(C(C)C)sc2c[n+]1C)O3. The fourth-order valence-electron chi connectivity index (χ4n) is 3.85. The highest BCUT2D eigenvalue weighted by Gasteiger charge is 2.31. The van der Waals surface area contributed by atoms with E-state index in [0.29, 0.717) is 5.92 Å². The summed E-state index contributed by atoms with van der Waals surface area (Å²) >= 11 is 1.87. The lowest BCUT2D eigenvalue weighted by atomic mass is 9.93. The molecule has 25 heavy (non-hydrogen) atoms. The summed E-state index contributed by atoms with van der Waals surface area (Å²) in [4.78, 5) is 1.40. The van der Waals surface area contributed by atoms with Gasteiger partial charge in [0, 0.05) is 15.6 Å². The Morgan fingerprint density at radius 3 is 2.76 bits per heavy atom. The minimum absolute atomic E-state index is 0.527. The zero-order valence-electron chi connectivity index (χ0n) is 14.9. The van der Waals surface area contributed by atoms with E-state index >= 15 is 0 Å². The van der Waals surface area contributed by atoms with Gasteiger partial charge >= 0.3 is 0 Å². The first-order chi connectivity index (χ1) is 12.0. The van der Waals surface area contributed by atoms with Gasteiger partial charge in [0.15, 0.2) is 6.20 Å². The number of pyridine rings is 1. The predicted molar refractivity (Wildman–Crippen MR) is 105 cm³/mol. The summed E-state index contributed by atoms with van der Waals surface area (Å²) in [5.74, 6) is 2.49. The number of aromatic nitrogens is 1. The number of fused-ring (bicyclic) bond motifs is 4. The van der Waals surface area contributed by atoms with Gasteiger partial charge in [0.25, 0.3) is 5.69 Å². The number of aryl methyl sites for hydroxylation is 2.